The number of carbonyl (C=O) groups excluding carboxylic acids is 1. The first kappa shape index (κ1) is 25.3. The normalized spacial score (nSPS) is 11.8. The van der Waals surface area contributed by atoms with Crippen LogP contribution < -0.4 is 9.05 Å². The predicted molar refractivity (Wildman–Crippen MR) is 133 cm³/mol. The number of benzene rings is 3. The molecule has 0 radical (unpaired) electrons. The van der Waals surface area contributed by atoms with Gasteiger partial charge in [-0.25, -0.2) is 9.59 Å². The van der Waals surface area contributed by atoms with Crippen LogP contribution in [-0.4, -0.2) is 34.4 Å². The molecule has 7 nitrogen and oxygen atoms in total. The summed E-state index contributed by atoms with van der Waals surface area (Å²) in [6.45, 7) is -1.61. The number of aliphatic carboxylic acids is 1. The Morgan fingerprint density at radius 1 is 0.882 bits per heavy atom. The second-order valence-corrected chi connectivity index (χ2v) is 10.9. The highest BCUT2D eigenvalue weighted by molar-refractivity contribution is 8.10. The largest absolute Gasteiger partial charge is 0.480 e. The Morgan fingerprint density at radius 2 is 1.35 bits per heavy atom. The van der Waals surface area contributed by atoms with Gasteiger partial charge in [-0.2, -0.15) is 0 Å². The van der Waals surface area contributed by atoms with Crippen LogP contribution in [0, 0.1) is 0 Å². The minimum atomic E-state index is -3.28. The first-order valence-corrected chi connectivity index (χ1v) is 13.5. The van der Waals surface area contributed by atoms with Gasteiger partial charge in [0, 0.05) is 0 Å². The van der Waals surface area contributed by atoms with E-state index in [-0.39, 0.29) is 19.3 Å². The summed E-state index contributed by atoms with van der Waals surface area (Å²) in [6, 6.07) is 25.7. The summed E-state index contributed by atoms with van der Waals surface area (Å²) >= 11 is 5.82. The summed E-state index contributed by atoms with van der Waals surface area (Å²) in [6.07, 6.45) is -0.910. The molecule has 34 heavy (non-hydrogen) atoms. The number of carboxylic acid groups (broad SMARTS) is 1. The highest BCUT2D eigenvalue weighted by atomic mass is 32.5. The molecule has 0 spiro atoms. The van der Waals surface area contributed by atoms with E-state index in [1.165, 1.54) is 0 Å². The Balaban J connectivity index is 1.89. The van der Waals surface area contributed by atoms with E-state index >= 15 is 0 Å². The summed E-state index contributed by atoms with van der Waals surface area (Å²) in [5, 5.41) is 9.80. The second-order valence-electron chi connectivity index (χ2n) is 7.33. The van der Waals surface area contributed by atoms with Crippen LogP contribution in [0.1, 0.15) is 18.9 Å². The number of amides is 1. The van der Waals surface area contributed by atoms with E-state index in [2.05, 4.69) is 0 Å². The molecule has 0 fully saturated rings. The fraction of sp³-hybridized carbons (Fsp3) is 0.200. The topological polar surface area (TPSA) is 85.3 Å². The number of para-hydroxylation sites is 2. The first-order chi connectivity index (χ1) is 16.4. The maximum absolute atomic E-state index is 13.1. The van der Waals surface area contributed by atoms with Gasteiger partial charge in [0.15, 0.2) is 0 Å². The van der Waals surface area contributed by atoms with Crippen LogP contribution in [0.15, 0.2) is 91.0 Å². The van der Waals surface area contributed by atoms with Crippen molar-refractivity contribution in [1.29, 1.82) is 0 Å². The molecule has 1 unspecified atom stereocenters. The van der Waals surface area contributed by atoms with Gasteiger partial charge in [-0.05, 0) is 48.1 Å². The van der Waals surface area contributed by atoms with E-state index in [0.717, 1.165) is 10.5 Å². The van der Waals surface area contributed by atoms with Crippen molar-refractivity contribution < 1.29 is 28.5 Å². The number of hydrogen-bond acceptors (Lipinski definition) is 6. The molecule has 0 saturated heterocycles. The Morgan fingerprint density at radius 3 is 1.79 bits per heavy atom. The first-order valence-electron chi connectivity index (χ1n) is 10.7. The molecular formula is C25H26NO6PS. The van der Waals surface area contributed by atoms with Gasteiger partial charge in [0.2, 0.25) is 0 Å². The molecule has 0 aliphatic carbocycles. The average molecular weight is 500 g/mol. The van der Waals surface area contributed by atoms with E-state index in [1.807, 2.05) is 42.5 Å². The van der Waals surface area contributed by atoms with Gasteiger partial charge in [-0.1, -0.05) is 73.7 Å². The van der Waals surface area contributed by atoms with Crippen molar-refractivity contribution in [3.63, 3.8) is 0 Å². The van der Waals surface area contributed by atoms with E-state index in [1.54, 1.807) is 55.5 Å². The maximum atomic E-state index is 13.1. The zero-order chi connectivity index (χ0) is 24.4. The van der Waals surface area contributed by atoms with Crippen LogP contribution >= 0.6 is 6.49 Å². The van der Waals surface area contributed by atoms with Crippen molar-refractivity contribution in [2.24, 2.45) is 0 Å². The fourth-order valence-electron chi connectivity index (χ4n) is 3.16. The molecule has 3 aromatic carbocycles. The molecule has 3 aromatic rings. The summed E-state index contributed by atoms with van der Waals surface area (Å²) in [7, 11) is 0. The summed E-state index contributed by atoms with van der Waals surface area (Å²) in [5.41, 5.74) is 0.777. The highest BCUT2D eigenvalue weighted by Crippen LogP contribution is 2.50. The number of carboxylic acids is 1. The van der Waals surface area contributed by atoms with Gasteiger partial charge in [-0.3, -0.25) is 4.90 Å². The quantitative estimate of drug-likeness (QED) is 0.328. The molecule has 0 aliphatic rings. The zero-order valence-corrected chi connectivity index (χ0v) is 20.4. The second kappa shape index (κ2) is 12.2. The van der Waals surface area contributed by atoms with Crippen LogP contribution in [0.25, 0.3) is 0 Å². The van der Waals surface area contributed by atoms with E-state index in [0.29, 0.717) is 11.5 Å². The van der Waals surface area contributed by atoms with Crippen LogP contribution in [0.2, 0.25) is 0 Å². The molecule has 9 heteroatoms. The molecular weight excluding hydrogens is 473 g/mol. The average Bonchev–Trinajstić information content (AvgIpc) is 2.84. The third-order valence-corrected chi connectivity index (χ3v) is 7.21. The summed E-state index contributed by atoms with van der Waals surface area (Å²) in [5.74, 6) is -0.245. The maximum Gasteiger partial charge on any atom is 0.411 e. The summed E-state index contributed by atoms with van der Waals surface area (Å²) in [4.78, 5) is 26.2. The van der Waals surface area contributed by atoms with Gasteiger partial charge < -0.3 is 18.9 Å². The lowest BCUT2D eigenvalue weighted by Crippen LogP contribution is -2.46. The smallest absolute Gasteiger partial charge is 0.411 e. The number of hydrogen-bond donors (Lipinski definition) is 1. The number of nitrogens with zero attached hydrogens (tertiary/aromatic N) is 1. The molecule has 0 aromatic heterocycles. The Hall–Kier alpha value is -3.35. The van der Waals surface area contributed by atoms with Crippen LogP contribution in [0.3, 0.4) is 0 Å². The Labute approximate surface area is 204 Å². The van der Waals surface area contributed by atoms with Crippen LogP contribution in [0.4, 0.5) is 4.79 Å². The predicted octanol–water partition coefficient (Wildman–Crippen LogP) is 5.91. The minimum absolute atomic E-state index is 0.00577. The van der Waals surface area contributed by atoms with Crippen molar-refractivity contribution in [2.75, 3.05) is 6.29 Å². The van der Waals surface area contributed by atoms with E-state index < -0.39 is 24.6 Å². The SMILES string of the molecule is CCC(C(=O)O)N(CP(=S)(Oc1ccccc1)Oc1ccccc1)C(=O)OCc1ccccc1. The lowest BCUT2D eigenvalue weighted by atomic mass is 10.2. The van der Waals surface area contributed by atoms with Gasteiger partial charge in [0.1, 0.15) is 30.4 Å². The van der Waals surface area contributed by atoms with Crippen molar-refractivity contribution in [2.45, 2.75) is 26.0 Å². The van der Waals surface area contributed by atoms with Crippen LogP contribution in [0.5, 0.6) is 11.5 Å². The number of ether oxygens (including phenoxy) is 1. The Bertz CT molecular complexity index is 1070. The standard InChI is InChI=1S/C25H26NO6PS/c1-2-23(24(27)28)26(25(29)30-18-20-12-6-3-7-13-20)19-33(34,31-21-14-8-4-9-15-21)32-22-16-10-5-11-17-22/h3-17,23H,2,18-19H2,1H3,(H,27,28). The molecule has 1 amide bonds. The Kier molecular flexibility index (Phi) is 9.08. The van der Waals surface area contributed by atoms with Crippen molar-refractivity contribution in [3.05, 3.63) is 96.6 Å². The van der Waals surface area contributed by atoms with Gasteiger partial charge in [0.25, 0.3) is 0 Å². The molecule has 0 saturated carbocycles. The molecule has 3 rings (SSSR count). The molecule has 178 valence electrons. The third kappa shape index (κ3) is 7.33. The van der Waals surface area contributed by atoms with Gasteiger partial charge >= 0.3 is 18.6 Å². The molecule has 0 aliphatic heterocycles. The monoisotopic (exact) mass is 499 g/mol. The molecule has 1 atom stereocenters. The molecule has 0 bridgehead atoms. The van der Waals surface area contributed by atoms with E-state index in [4.69, 9.17) is 25.6 Å². The molecule has 1 N–H and O–H groups in total. The van der Waals surface area contributed by atoms with Gasteiger partial charge in [-0.15, -0.1) is 0 Å². The van der Waals surface area contributed by atoms with Crippen molar-refractivity contribution in [1.82, 2.24) is 4.90 Å². The molecule has 0 heterocycles. The lowest BCUT2D eigenvalue weighted by molar-refractivity contribution is -0.142. The number of rotatable bonds is 11. The summed E-state index contributed by atoms with van der Waals surface area (Å²) < 4.78 is 17.6. The minimum Gasteiger partial charge on any atom is -0.480 e. The highest BCUT2D eigenvalue weighted by Gasteiger charge is 2.37. The zero-order valence-electron chi connectivity index (χ0n) is 18.7. The lowest BCUT2D eigenvalue weighted by Gasteiger charge is -2.32. The van der Waals surface area contributed by atoms with Crippen molar-refractivity contribution in [3.8, 4) is 11.5 Å². The third-order valence-electron chi connectivity index (χ3n) is 4.79. The van der Waals surface area contributed by atoms with Crippen molar-refractivity contribution >= 4 is 30.4 Å². The fourth-order valence-corrected chi connectivity index (χ4v) is 5.77. The van der Waals surface area contributed by atoms with Crippen LogP contribution in [-0.2, 0) is 27.9 Å². The number of carbonyl (C=O) groups is 2. The van der Waals surface area contributed by atoms with E-state index in [9.17, 15) is 14.7 Å². The van der Waals surface area contributed by atoms with Gasteiger partial charge in [0.05, 0.1) is 0 Å².